The molecule has 2 aliphatic heterocycles. The minimum absolute atomic E-state index is 0.00482. The van der Waals surface area contributed by atoms with Crippen molar-refractivity contribution in [2.75, 3.05) is 13.2 Å². The first kappa shape index (κ1) is 28.0. The van der Waals surface area contributed by atoms with Gasteiger partial charge in [0.05, 0.1) is 43.2 Å². The number of nitrogens with one attached hydrogen (secondary N) is 1. The number of rotatable bonds is 9. The first-order chi connectivity index (χ1) is 18.8. The van der Waals surface area contributed by atoms with Gasteiger partial charge in [-0.05, 0) is 56.0 Å². The molecule has 3 aliphatic rings. The number of hydrogen-bond acceptors (Lipinski definition) is 7. The van der Waals surface area contributed by atoms with Crippen LogP contribution >= 0.6 is 11.6 Å². The first-order valence-corrected chi connectivity index (χ1v) is 13.9. The molecule has 0 spiro atoms. The average Bonchev–Trinajstić information content (AvgIpc) is 3.55. The maximum Gasteiger partial charge on any atom is 0.252 e. The zero-order valence-electron chi connectivity index (χ0n) is 22.4. The van der Waals surface area contributed by atoms with Crippen LogP contribution < -0.4 is 5.32 Å². The summed E-state index contributed by atoms with van der Waals surface area (Å²) in [7, 11) is 0. The summed E-state index contributed by atoms with van der Waals surface area (Å²) in [5.41, 5.74) is 0.950. The predicted molar refractivity (Wildman–Crippen MR) is 144 cm³/mol. The average molecular weight is 555 g/mol. The van der Waals surface area contributed by atoms with Crippen molar-refractivity contribution in [2.24, 2.45) is 0 Å². The van der Waals surface area contributed by atoms with Gasteiger partial charge in [-0.25, -0.2) is 0 Å². The van der Waals surface area contributed by atoms with E-state index < -0.39 is 23.6 Å². The van der Waals surface area contributed by atoms with Crippen LogP contribution in [0.2, 0.25) is 5.02 Å². The molecule has 0 radical (unpaired) electrons. The fraction of sp³-hybridized carbons (Fsp3) is 0.533. The van der Waals surface area contributed by atoms with Gasteiger partial charge in [-0.15, -0.1) is 0 Å². The van der Waals surface area contributed by atoms with Crippen molar-refractivity contribution in [3.05, 3.63) is 70.2 Å². The van der Waals surface area contributed by atoms with E-state index in [4.69, 9.17) is 35.3 Å². The summed E-state index contributed by atoms with van der Waals surface area (Å²) in [6, 6.07) is 16.9. The number of benzene rings is 2. The second kappa shape index (κ2) is 11.9. The molecule has 1 aliphatic carbocycles. The lowest BCUT2D eigenvalue weighted by Gasteiger charge is -2.43. The Morgan fingerprint density at radius 1 is 1.15 bits per heavy atom. The van der Waals surface area contributed by atoms with Crippen LogP contribution in [0, 0.1) is 11.3 Å². The molecule has 2 aromatic carbocycles. The van der Waals surface area contributed by atoms with E-state index in [-0.39, 0.29) is 37.7 Å². The van der Waals surface area contributed by atoms with E-state index in [1.165, 1.54) is 0 Å². The third kappa shape index (κ3) is 6.63. The van der Waals surface area contributed by atoms with Gasteiger partial charge in [-0.2, -0.15) is 5.26 Å². The molecule has 8 nitrogen and oxygen atoms in total. The molecule has 5 rings (SSSR count). The molecule has 39 heavy (non-hydrogen) atoms. The van der Waals surface area contributed by atoms with Crippen molar-refractivity contribution in [3.8, 4) is 6.07 Å². The Hall–Kier alpha value is -2.51. The zero-order valence-corrected chi connectivity index (χ0v) is 23.1. The Morgan fingerprint density at radius 2 is 2.00 bits per heavy atom. The Kier molecular flexibility index (Phi) is 8.57. The summed E-state index contributed by atoms with van der Waals surface area (Å²) in [6.45, 7) is 5.24. The molecule has 1 N–H and O–H groups in total. The summed E-state index contributed by atoms with van der Waals surface area (Å²) < 4.78 is 31.2. The number of ether oxygens (including phenoxy) is 5. The van der Waals surface area contributed by atoms with Crippen molar-refractivity contribution in [2.45, 2.75) is 88.5 Å². The normalized spacial score (nSPS) is 29.5. The summed E-state index contributed by atoms with van der Waals surface area (Å²) in [4.78, 5) is 13.9. The largest absolute Gasteiger partial charge is 0.376 e. The molecule has 3 fully saturated rings. The molecule has 9 heteroatoms. The van der Waals surface area contributed by atoms with Crippen molar-refractivity contribution in [1.29, 1.82) is 5.26 Å². The molecule has 2 saturated heterocycles. The second-order valence-corrected chi connectivity index (χ2v) is 11.4. The molecule has 5 atom stereocenters. The highest BCUT2D eigenvalue weighted by Crippen LogP contribution is 2.44. The third-order valence-electron chi connectivity index (χ3n) is 7.57. The van der Waals surface area contributed by atoms with E-state index in [9.17, 15) is 10.1 Å². The Balaban J connectivity index is 1.40. The maximum atomic E-state index is 13.9. The lowest BCUT2D eigenvalue weighted by atomic mass is 9.78. The molecule has 2 aromatic rings. The monoisotopic (exact) mass is 554 g/mol. The van der Waals surface area contributed by atoms with Crippen LogP contribution in [0.4, 0.5) is 0 Å². The minimum atomic E-state index is -1.23. The van der Waals surface area contributed by atoms with Crippen LogP contribution in [0.1, 0.15) is 56.2 Å². The predicted octanol–water partition coefficient (Wildman–Crippen LogP) is 4.66. The van der Waals surface area contributed by atoms with E-state index in [0.29, 0.717) is 30.2 Å². The fourth-order valence-electron chi connectivity index (χ4n) is 5.68. The quantitative estimate of drug-likeness (QED) is 0.481. The summed E-state index contributed by atoms with van der Waals surface area (Å²) in [5.74, 6) is -1.06. The lowest BCUT2D eigenvalue weighted by Crippen LogP contribution is -2.60. The standard InChI is InChI=1S/C30H35ClN2O6/c1-29(2)38-26-15-30(28(34)33-17-24-11-6-12-35-24,37-18-20-7-5-10-23(31)13-20)14-25(27(26)39-29)36-19-22-9-4-3-8-21(22)16-32/h3-5,7-10,13,24-27H,6,11-12,14-15,17-19H2,1-2H3,(H,33,34)/t24?,25?,26-,27+,30-/m1/s1. The number of carbonyl (C=O) groups is 1. The van der Waals surface area contributed by atoms with E-state index in [1.54, 1.807) is 12.1 Å². The summed E-state index contributed by atoms with van der Waals surface area (Å²) in [6.07, 6.45) is 1.16. The highest BCUT2D eigenvalue weighted by molar-refractivity contribution is 6.30. The van der Waals surface area contributed by atoms with E-state index in [2.05, 4.69) is 11.4 Å². The van der Waals surface area contributed by atoms with Gasteiger partial charge in [-0.3, -0.25) is 4.79 Å². The first-order valence-electron chi connectivity index (χ1n) is 13.5. The highest BCUT2D eigenvalue weighted by atomic mass is 35.5. The second-order valence-electron chi connectivity index (χ2n) is 10.9. The number of carbonyl (C=O) groups excluding carboxylic acids is 1. The van der Waals surface area contributed by atoms with Crippen LogP contribution in [0.5, 0.6) is 0 Å². The molecule has 2 heterocycles. The number of hydrogen-bond donors (Lipinski definition) is 1. The van der Waals surface area contributed by atoms with Gasteiger partial charge in [0.15, 0.2) is 11.4 Å². The van der Waals surface area contributed by atoms with E-state index >= 15 is 0 Å². The lowest BCUT2D eigenvalue weighted by molar-refractivity contribution is -0.183. The molecule has 208 valence electrons. The molecule has 1 amide bonds. The topological polar surface area (TPSA) is 99.0 Å². The van der Waals surface area contributed by atoms with Crippen LogP contribution in [-0.2, 0) is 41.7 Å². The SMILES string of the molecule is CC1(C)O[C@@H]2C[C@@](OCc3cccc(Cl)c3)(C(=O)NCC3CCCO3)CC(OCc3ccccc3C#N)[C@@H]2O1. The van der Waals surface area contributed by atoms with Crippen LogP contribution in [-0.4, -0.2) is 54.9 Å². The van der Waals surface area contributed by atoms with Gasteiger partial charge < -0.3 is 29.0 Å². The van der Waals surface area contributed by atoms with E-state index in [1.807, 2.05) is 50.2 Å². The van der Waals surface area contributed by atoms with Gasteiger partial charge in [0.25, 0.3) is 5.91 Å². The molecular weight excluding hydrogens is 520 g/mol. The van der Waals surface area contributed by atoms with Crippen molar-refractivity contribution >= 4 is 17.5 Å². The zero-order chi connectivity index (χ0) is 27.5. The number of amides is 1. The van der Waals surface area contributed by atoms with Gasteiger partial charge in [-0.1, -0.05) is 41.9 Å². The van der Waals surface area contributed by atoms with E-state index in [0.717, 1.165) is 24.0 Å². The van der Waals surface area contributed by atoms with Crippen molar-refractivity contribution in [3.63, 3.8) is 0 Å². The summed E-state index contributed by atoms with van der Waals surface area (Å²) in [5, 5.41) is 13.2. The molecule has 2 unspecified atom stereocenters. The van der Waals surface area contributed by atoms with Crippen molar-refractivity contribution in [1.82, 2.24) is 5.32 Å². The van der Waals surface area contributed by atoms with Gasteiger partial charge in [0.2, 0.25) is 0 Å². The fourth-order valence-corrected chi connectivity index (χ4v) is 5.89. The van der Waals surface area contributed by atoms with Gasteiger partial charge >= 0.3 is 0 Å². The summed E-state index contributed by atoms with van der Waals surface area (Å²) >= 11 is 6.21. The Morgan fingerprint density at radius 3 is 2.77 bits per heavy atom. The molecule has 1 saturated carbocycles. The number of nitrogens with zero attached hydrogens (tertiary/aromatic N) is 1. The van der Waals surface area contributed by atoms with Gasteiger partial charge in [0, 0.05) is 31.0 Å². The third-order valence-corrected chi connectivity index (χ3v) is 7.81. The molecule has 0 bridgehead atoms. The van der Waals surface area contributed by atoms with Gasteiger partial charge in [0.1, 0.15) is 6.10 Å². The minimum Gasteiger partial charge on any atom is -0.376 e. The van der Waals surface area contributed by atoms with Crippen LogP contribution in [0.3, 0.4) is 0 Å². The van der Waals surface area contributed by atoms with Crippen LogP contribution in [0.25, 0.3) is 0 Å². The van der Waals surface area contributed by atoms with Crippen molar-refractivity contribution < 1.29 is 28.5 Å². The van der Waals surface area contributed by atoms with Crippen LogP contribution in [0.15, 0.2) is 48.5 Å². The Labute approximate surface area is 234 Å². The smallest absolute Gasteiger partial charge is 0.252 e. The number of fused-ring (bicyclic) bond motifs is 1. The highest BCUT2D eigenvalue weighted by Gasteiger charge is 2.58. The Bertz CT molecular complexity index is 1210. The molecule has 0 aromatic heterocycles. The number of halogens is 1. The maximum absolute atomic E-state index is 13.9. The number of nitriles is 1. The molecular formula is C30H35ClN2O6.